The normalized spacial score (nSPS) is 27.8. The van der Waals surface area contributed by atoms with E-state index in [9.17, 15) is 9.90 Å². The highest BCUT2D eigenvalue weighted by atomic mass is 16.3. The quantitative estimate of drug-likeness (QED) is 0.773. The fraction of sp³-hybridized carbons (Fsp3) is 0.533. The van der Waals surface area contributed by atoms with Gasteiger partial charge in [0.15, 0.2) is 0 Å². The number of carbonyl (C=O) groups excluding carboxylic acids is 1. The second kappa shape index (κ2) is 6.06. The molecule has 4 heteroatoms. The number of hydrogen-bond donors (Lipinski definition) is 1. The first-order valence-electron chi connectivity index (χ1n) is 6.84. The van der Waals surface area contributed by atoms with Crippen molar-refractivity contribution in [3.8, 4) is 0 Å². The monoisotopic (exact) mass is 262 g/mol. The van der Waals surface area contributed by atoms with Crippen molar-refractivity contribution in [2.45, 2.75) is 19.4 Å². The van der Waals surface area contributed by atoms with Crippen molar-refractivity contribution in [1.82, 2.24) is 9.80 Å². The van der Waals surface area contributed by atoms with Crippen molar-refractivity contribution in [2.24, 2.45) is 5.92 Å². The Morgan fingerprint density at radius 2 is 1.84 bits per heavy atom. The lowest BCUT2D eigenvalue weighted by molar-refractivity contribution is -0.134. The maximum Gasteiger partial charge on any atom is 0.228 e. The van der Waals surface area contributed by atoms with Crippen LogP contribution in [-0.2, 0) is 4.79 Å². The molecule has 2 fully saturated rings. The Bertz CT molecular complexity index is 406. The van der Waals surface area contributed by atoms with Gasteiger partial charge in [-0.3, -0.25) is 4.79 Å². The molecular formula is C15H22N2O2. The molecule has 1 aliphatic heterocycles. The zero-order chi connectivity index (χ0) is 13.8. The van der Waals surface area contributed by atoms with E-state index in [1.165, 1.54) is 0 Å². The molecule has 1 N–H and O–H groups in total. The highest BCUT2D eigenvalue weighted by molar-refractivity contribution is 5.82. The van der Waals surface area contributed by atoms with E-state index in [0.717, 1.165) is 31.9 Å². The smallest absolute Gasteiger partial charge is 0.228 e. The molecule has 4 nitrogen and oxygen atoms in total. The highest BCUT2D eigenvalue weighted by Gasteiger charge is 2.44. The SMILES string of the molecule is C=C/C=C(\C=C/C)N1CCN(C(=O)C2CC2O)CC1. The van der Waals surface area contributed by atoms with Crippen molar-refractivity contribution in [1.29, 1.82) is 0 Å². The molecule has 2 rings (SSSR count). The summed E-state index contributed by atoms with van der Waals surface area (Å²) in [6.45, 7) is 8.85. The number of carbonyl (C=O) groups is 1. The molecular weight excluding hydrogens is 240 g/mol. The van der Waals surface area contributed by atoms with Crippen LogP contribution in [0.1, 0.15) is 13.3 Å². The standard InChI is InChI=1S/C15H22N2O2/c1-3-5-12(6-4-2)16-7-9-17(10-8-16)15(19)13-11-14(13)18/h3-6,13-14,18H,1,7-11H2,2H3/b6-4-,12-5+. The van der Waals surface area contributed by atoms with Gasteiger partial charge in [-0.05, 0) is 25.5 Å². The Kier molecular flexibility index (Phi) is 4.43. The van der Waals surface area contributed by atoms with Crippen LogP contribution in [0.2, 0.25) is 0 Å². The summed E-state index contributed by atoms with van der Waals surface area (Å²) in [7, 11) is 0. The average Bonchev–Trinajstić information content (AvgIpc) is 3.15. The highest BCUT2D eigenvalue weighted by Crippen LogP contribution is 2.32. The number of nitrogens with zero attached hydrogens (tertiary/aromatic N) is 2. The van der Waals surface area contributed by atoms with Crippen LogP contribution in [0.15, 0.2) is 36.6 Å². The molecule has 2 aliphatic rings. The van der Waals surface area contributed by atoms with Gasteiger partial charge < -0.3 is 14.9 Å². The fourth-order valence-electron chi connectivity index (χ4n) is 2.42. The summed E-state index contributed by atoms with van der Waals surface area (Å²) >= 11 is 0. The molecule has 0 aromatic rings. The predicted molar refractivity (Wildman–Crippen MR) is 75.4 cm³/mol. The molecule has 0 aromatic heterocycles. The second-order valence-electron chi connectivity index (χ2n) is 5.05. The maximum absolute atomic E-state index is 12.0. The molecule has 0 radical (unpaired) electrons. The van der Waals surface area contributed by atoms with Crippen molar-refractivity contribution < 1.29 is 9.90 Å². The molecule has 2 unspecified atom stereocenters. The summed E-state index contributed by atoms with van der Waals surface area (Å²) in [5, 5.41) is 9.32. The molecule has 1 heterocycles. The topological polar surface area (TPSA) is 43.8 Å². The average molecular weight is 262 g/mol. The third-order valence-corrected chi connectivity index (χ3v) is 3.66. The first-order chi connectivity index (χ1) is 9.17. The van der Waals surface area contributed by atoms with E-state index >= 15 is 0 Å². The minimum atomic E-state index is -0.398. The molecule has 19 heavy (non-hydrogen) atoms. The predicted octanol–water partition coefficient (Wildman–Crippen LogP) is 1.16. The molecule has 0 bridgehead atoms. The number of allylic oxidation sites excluding steroid dienone is 4. The molecule has 1 aliphatic carbocycles. The summed E-state index contributed by atoms with van der Waals surface area (Å²) in [6, 6.07) is 0. The van der Waals surface area contributed by atoms with Crippen LogP contribution in [0.4, 0.5) is 0 Å². The summed E-state index contributed by atoms with van der Waals surface area (Å²) < 4.78 is 0. The Morgan fingerprint density at radius 3 is 2.32 bits per heavy atom. The van der Waals surface area contributed by atoms with Gasteiger partial charge in [-0.15, -0.1) is 0 Å². The summed E-state index contributed by atoms with van der Waals surface area (Å²) in [5.74, 6) is -0.0160. The molecule has 2 atom stereocenters. The summed E-state index contributed by atoms with van der Waals surface area (Å²) in [6.07, 6.45) is 8.08. The van der Waals surface area contributed by atoms with E-state index < -0.39 is 6.10 Å². The van der Waals surface area contributed by atoms with Crippen molar-refractivity contribution in [3.05, 3.63) is 36.6 Å². The van der Waals surface area contributed by atoms with E-state index in [1.807, 2.05) is 24.0 Å². The number of rotatable bonds is 4. The third-order valence-electron chi connectivity index (χ3n) is 3.66. The van der Waals surface area contributed by atoms with E-state index in [0.29, 0.717) is 6.42 Å². The van der Waals surface area contributed by atoms with Gasteiger partial charge in [-0.2, -0.15) is 0 Å². The molecule has 0 spiro atoms. The van der Waals surface area contributed by atoms with Crippen molar-refractivity contribution in [2.75, 3.05) is 26.2 Å². The van der Waals surface area contributed by atoms with Gasteiger partial charge >= 0.3 is 0 Å². The van der Waals surface area contributed by atoms with Gasteiger partial charge in [-0.25, -0.2) is 0 Å². The summed E-state index contributed by atoms with van der Waals surface area (Å²) in [5.41, 5.74) is 1.14. The van der Waals surface area contributed by atoms with Crippen LogP contribution < -0.4 is 0 Å². The zero-order valence-corrected chi connectivity index (χ0v) is 11.5. The Labute approximate surface area is 114 Å². The molecule has 104 valence electrons. The van der Waals surface area contributed by atoms with Crippen LogP contribution in [0.5, 0.6) is 0 Å². The van der Waals surface area contributed by atoms with Crippen LogP contribution in [0.25, 0.3) is 0 Å². The molecule has 1 amide bonds. The van der Waals surface area contributed by atoms with Crippen LogP contribution >= 0.6 is 0 Å². The fourth-order valence-corrected chi connectivity index (χ4v) is 2.42. The van der Waals surface area contributed by atoms with Gasteiger partial charge in [0.2, 0.25) is 5.91 Å². The Morgan fingerprint density at radius 1 is 1.26 bits per heavy atom. The Hall–Kier alpha value is -1.55. The van der Waals surface area contributed by atoms with Gasteiger partial charge in [0.05, 0.1) is 12.0 Å². The lowest BCUT2D eigenvalue weighted by Crippen LogP contribution is -2.48. The third kappa shape index (κ3) is 3.26. The number of aliphatic hydroxyl groups excluding tert-OH is 1. The van der Waals surface area contributed by atoms with Crippen LogP contribution in [0, 0.1) is 5.92 Å². The van der Waals surface area contributed by atoms with Crippen molar-refractivity contribution in [3.63, 3.8) is 0 Å². The number of piperazine rings is 1. The first kappa shape index (κ1) is 13.9. The lowest BCUT2D eigenvalue weighted by Gasteiger charge is -2.36. The zero-order valence-electron chi connectivity index (χ0n) is 11.5. The van der Waals surface area contributed by atoms with Gasteiger partial charge in [-0.1, -0.05) is 18.7 Å². The van der Waals surface area contributed by atoms with Gasteiger partial charge in [0.1, 0.15) is 0 Å². The second-order valence-corrected chi connectivity index (χ2v) is 5.05. The molecule has 0 aromatic carbocycles. The lowest BCUT2D eigenvalue weighted by atomic mass is 10.2. The first-order valence-corrected chi connectivity index (χ1v) is 6.84. The summed E-state index contributed by atoms with van der Waals surface area (Å²) in [4.78, 5) is 16.1. The maximum atomic E-state index is 12.0. The largest absolute Gasteiger partial charge is 0.392 e. The number of amides is 1. The van der Waals surface area contributed by atoms with E-state index in [1.54, 1.807) is 6.08 Å². The number of aliphatic hydroxyl groups is 1. The van der Waals surface area contributed by atoms with Gasteiger partial charge in [0.25, 0.3) is 0 Å². The van der Waals surface area contributed by atoms with E-state index in [-0.39, 0.29) is 11.8 Å². The van der Waals surface area contributed by atoms with Gasteiger partial charge in [0, 0.05) is 31.9 Å². The Balaban J connectivity index is 1.89. The minimum absolute atomic E-state index is 0.118. The van der Waals surface area contributed by atoms with Crippen LogP contribution in [0.3, 0.4) is 0 Å². The van der Waals surface area contributed by atoms with Crippen LogP contribution in [-0.4, -0.2) is 53.1 Å². The van der Waals surface area contributed by atoms with E-state index in [2.05, 4.69) is 17.6 Å². The molecule has 1 saturated heterocycles. The van der Waals surface area contributed by atoms with E-state index in [4.69, 9.17) is 0 Å². The number of hydrogen-bond acceptors (Lipinski definition) is 3. The minimum Gasteiger partial charge on any atom is -0.392 e. The molecule has 1 saturated carbocycles. The van der Waals surface area contributed by atoms with Crippen molar-refractivity contribution >= 4 is 5.91 Å².